The van der Waals surface area contributed by atoms with E-state index in [0.717, 1.165) is 6.42 Å². The fourth-order valence-electron chi connectivity index (χ4n) is 1.33. The molecule has 0 bridgehead atoms. The number of hydrogen-bond acceptors (Lipinski definition) is 2. The number of halogens is 1. The maximum Gasteiger partial charge on any atom is 0.225 e. The molecule has 1 unspecified atom stereocenters. The lowest BCUT2D eigenvalue weighted by Gasteiger charge is -2.11. The van der Waals surface area contributed by atoms with Crippen LogP contribution in [0.5, 0.6) is 0 Å². The summed E-state index contributed by atoms with van der Waals surface area (Å²) in [5.41, 5.74) is 6.61. The van der Waals surface area contributed by atoms with E-state index in [-0.39, 0.29) is 24.2 Å². The average Bonchev–Trinajstić information content (AvgIpc) is 2.24. The second-order valence-corrected chi connectivity index (χ2v) is 3.83. The second kappa shape index (κ2) is 5.61. The Hall–Kier alpha value is -1.42. The minimum Gasteiger partial charge on any atom is -0.327 e. The molecule has 0 radical (unpaired) electrons. The normalized spacial score (nSPS) is 12.2. The first-order chi connectivity index (χ1) is 7.54. The van der Waals surface area contributed by atoms with Crippen LogP contribution in [0.25, 0.3) is 0 Å². The van der Waals surface area contributed by atoms with E-state index in [0.29, 0.717) is 11.3 Å². The maximum absolute atomic E-state index is 13.2. The molecule has 88 valence electrons. The smallest absolute Gasteiger partial charge is 0.225 e. The third-order valence-corrected chi connectivity index (χ3v) is 2.51. The van der Waals surface area contributed by atoms with Crippen LogP contribution in [0.1, 0.15) is 25.3 Å². The standard InChI is InChI=1S/C12H17FN2O/c1-3-9(14)7-12(16)15-11-6-4-5-10(13)8(11)2/h4-6,9H,3,7,14H2,1-2H3,(H,15,16). The number of nitrogens with two attached hydrogens (primary N) is 1. The molecule has 1 atom stereocenters. The Morgan fingerprint density at radius 2 is 2.25 bits per heavy atom. The number of rotatable bonds is 4. The van der Waals surface area contributed by atoms with Gasteiger partial charge in [-0.2, -0.15) is 0 Å². The van der Waals surface area contributed by atoms with E-state index in [2.05, 4.69) is 5.32 Å². The van der Waals surface area contributed by atoms with E-state index in [1.54, 1.807) is 19.1 Å². The van der Waals surface area contributed by atoms with Crippen LogP contribution >= 0.6 is 0 Å². The molecule has 0 saturated carbocycles. The van der Waals surface area contributed by atoms with E-state index >= 15 is 0 Å². The van der Waals surface area contributed by atoms with Gasteiger partial charge in [-0.1, -0.05) is 13.0 Å². The van der Waals surface area contributed by atoms with Crippen molar-refractivity contribution in [3.63, 3.8) is 0 Å². The Morgan fingerprint density at radius 3 is 2.88 bits per heavy atom. The Bertz CT molecular complexity index is 379. The number of carbonyl (C=O) groups excluding carboxylic acids is 1. The van der Waals surface area contributed by atoms with E-state index in [1.165, 1.54) is 6.07 Å². The van der Waals surface area contributed by atoms with Gasteiger partial charge in [-0.3, -0.25) is 4.79 Å². The summed E-state index contributed by atoms with van der Waals surface area (Å²) in [6.45, 7) is 3.55. The molecule has 4 heteroatoms. The first-order valence-corrected chi connectivity index (χ1v) is 5.35. The lowest BCUT2D eigenvalue weighted by Crippen LogP contribution is -2.26. The predicted molar refractivity (Wildman–Crippen MR) is 62.7 cm³/mol. The molecule has 0 aromatic heterocycles. The topological polar surface area (TPSA) is 55.1 Å². The molecular weight excluding hydrogens is 207 g/mol. The minimum atomic E-state index is -0.322. The van der Waals surface area contributed by atoms with Crippen molar-refractivity contribution in [1.29, 1.82) is 0 Å². The molecule has 0 aliphatic carbocycles. The lowest BCUT2D eigenvalue weighted by molar-refractivity contribution is -0.116. The zero-order valence-corrected chi connectivity index (χ0v) is 9.59. The predicted octanol–water partition coefficient (Wildman–Crippen LogP) is 2.20. The van der Waals surface area contributed by atoms with Crippen molar-refractivity contribution in [2.45, 2.75) is 32.7 Å². The highest BCUT2D eigenvalue weighted by atomic mass is 19.1. The van der Waals surface area contributed by atoms with Gasteiger partial charge in [0.25, 0.3) is 0 Å². The average molecular weight is 224 g/mol. The Balaban J connectivity index is 2.66. The van der Waals surface area contributed by atoms with Crippen molar-refractivity contribution < 1.29 is 9.18 Å². The van der Waals surface area contributed by atoms with E-state index < -0.39 is 0 Å². The van der Waals surface area contributed by atoms with Crippen molar-refractivity contribution in [2.24, 2.45) is 5.73 Å². The highest BCUT2D eigenvalue weighted by Crippen LogP contribution is 2.17. The lowest BCUT2D eigenvalue weighted by atomic mass is 10.1. The third-order valence-electron chi connectivity index (χ3n) is 2.51. The largest absolute Gasteiger partial charge is 0.327 e. The van der Waals surface area contributed by atoms with Crippen molar-refractivity contribution in [3.8, 4) is 0 Å². The van der Waals surface area contributed by atoms with Gasteiger partial charge in [-0.05, 0) is 25.5 Å². The van der Waals surface area contributed by atoms with E-state index in [4.69, 9.17) is 5.73 Å². The maximum atomic E-state index is 13.2. The Labute approximate surface area is 94.8 Å². The summed E-state index contributed by atoms with van der Waals surface area (Å²) < 4.78 is 13.2. The second-order valence-electron chi connectivity index (χ2n) is 3.83. The third kappa shape index (κ3) is 3.31. The molecule has 0 fully saturated rings. The number of anilines is 1. The SMILES string of the molecule is CCC(N)CC(=O)Nc1cccc(F)c1C. The van der Waals surface area contributed by atoms with Crippen LogP contribution in [0, 0.1) is 12.7 Å². The van der Waals surface area contributed by atoms with E-state index in [9.17, 15) is 9.18 Å². The van der Waals surface area contributed by atoms with Gasteiger partial charge in [0, 0.05) is 23.7 Å². The number of carbonyl (C=O) groups is 1. The molecule has 0 heterocycles. The van der Waals surface area contributed by atoms with Crippen LogP contribution < -0.4 is 11.1 Å². The molecule has 0 spiro atoms. The summed E-state index contributed by atoms with van der Waals surface area (Å²) >= 11 is 0. The molecule has 1 rings (SSSR count). The Kier molecular flexibility index (Phi) is 4.43. The zero-order valence-electron chi connectivity index (χ0n) is 9.59. The van der Waals surface area contributed by atoms with Gasteiger partial charge in [0.15, 0.2) is 0 Å². The van der Waals surface area contributed by atoms with Crippen LogP contribution in [-0.2, 0) is 4.79 Å². The van der Waals surface area contributed by atoms with Gasteiger partial charge in [0.05, 0.1) is 0 Å². The van der Waals surface area contributed by atoms with Crippen molar-refractivity contribution >= 4 is 11.6 Å². The highest BCUT2D eigenvalue weighted by Gasteiger charge is 2.10. The monoisotopic (exact) mass is 224 g/mol. The van der Waals surface area contributed by atoms with Gasteiger partial charge in [0.2, 0.25) is 5.91 Å². The fourth-order valence-corrected chi connectivity index (χ4v) is 1.33. The van der Waals surface area contributed by atoms with Crippen LogP contribution in [0.15, 0.2) is 18.2 Å². The Morgan fingerprint density at radius 1 is 1.56 bits per heavy atom. The summed E-state index contributed by atoms with van der Waals surface area (Å²) in [5, 5.41) is 2.66. The van der Waals surface area contributed by atoms with Crippen molar-refractivity contribution in [2.75, 3.05) is 5.32 Å². The van der Waals surface area contributed by atoms with Crippen LogP contribution in [0.2, 0.25) is 0 Å². The number of nitrogens with one attached hydrogen (secondary N) is 1. The molecular formula is C12H17FN2O. The summed E-state index contributed by atoms with van der Waals surface area (Å²) in [7, 11) is 0. The summed E-state index contributed by atoms with van der Waals surface area (Å²) in [5.74, 6) is -0.499. The molecule has 3 nitrogen and oxygen atoms in total. The highest BCUT2D eigenvalue weighted by molar-refractivity contribution is 5.91. The summed E-state index contributed by atoms with van der Waals surface area (Å²) in [6.07, 6.45) is 1.00. The number of hydrogen-bond donors (Lipinski definition) is 2. The number of benzene rings is 1. The quantitative estimate of drug-likeness (QED) is 0.823. The molecule has 0 saturated heterocycles. The van der Waals surface area contributed by atoms with Crippen molar-refractivity contribution in [3.05, 3.63) is 29.6 Å². The van der Waals surface area contributed by atoms with Gasteiger partial charge in [-0.25, -0.2) is 4.39 Å². The van der Waals surface area contributed by atoms with Crippen LogP contribution in [0.4, 0.5) is 10.1 Å². The van der Waals surface area contributed by atoms with Gasteiger partial charge < -0.3 is 11.1 Å². The van der Waals surface area contributed by atoms with Gasteiger partial charge >= 0.3 is 0 Å². The molecule has 0 aliphatic rings. The molecule has 16 heavy (non-hydrogen) atoms. The molecule has 1 amide bonds. The molecule has 1 aromatic rings. The summed E-state index contributed by atoms with van der Waals surface area (Å²) in [4.78, 5) is 11.5. The first-order valence-electron chi connectivity index (χ1n) is 5.35. The molecule has 1 aromatic carbocycles. The van der Waals surface area contributed by atoms with E-state index in [1.807, 2.05) is 6.92 Å². The van der Waals surface area contributed by atoms with Crippen LogP contribution in [-0.4, -0.2) is 11.9 Å². The summed E-state index contributed by atoms with van der Waals surface area (Å²) in [6, 6.07) is 4.46. The number of amides is 1. The molecule has 3 N–H and O–H groups in total. The zero-order chi connectivity index (χ0) is 12.1. The van der Waals surface area contributed by atoms with Gasteiger partial charge in [0.1, 0.15) is 5.82 Å². The fraction of sp³-hybridized carbons (Fsp3) is 0.417. The molecule has 0 aliphatic heterocycles. The van der Waals surface area contributed by atoms with Crippen LogP contribution in [0.3, 0.4) is 0 Å². The minimum absolute atomic E-state index is 0.145. The van der Waals surface area contributed by atoms with Crippen molar-refractivity contribution in [1.82, 2.24) is 0 Å². The van der Waals surface area contributed by atoms with Gasteiger partial charge in [-0.15, -0.1) is 0 Å². The first kappa shape index (κ1) is 12.6.